The first-order valence-electron chi connectivity index (χ1n) is 4.00. The number of nitro groups is 1. The van der Waals surface area contributed by atoms with Crippen LogP contribution in [0.25, 0.3) is 0 Å². The molecule has 0 N–H and O–H groups in total. The minimum Gasteiger partial charge on any atom is -0.497 e. The third kappa shape index (κ3) is 2.24. The SMILES string of the molecule is COc1cc(Cl)c([N+](=O)[O-])c(C(C)=O)c1. The number of carbonyl (C=O) groups is 1. The summed E-state index contributed by atoms with van der Waals surface area (Å²) in [6.07, 6.45) is 0. The number of nitrogens with zero attached hydrogens (tertiary/aromatic N) is 1. The lowest BCUT2D eigenvalue weighted by Gasteiger charge is -2.04. The molecule has 80 valence electrons. The van der Waals surface area contributed by atoms with Gasteiger partial charge in [0.05, 0.1) is 12.0 Å². The molecule has 6 heteroatoms. The lowest BCUT2D eigenvalue weighted by atomic mass is 10.1. The number of Topliss-reactive ketones (excluding diaryl/α,β-unsaturated/α-hetero) is 1. The van der Waals surface area contributed by atoms with E-state index >= 15 is 0 Å². The zero-order valence-electron chi connectivity index (χ0n) is 8.11. The maximum Gasteiger partial charge on any atom is 0.298 e. The summed E-state index contributed by atoms with van der Waals surface area (Å²) in [6, 6.07) is 2.60. The normalized spacial score (nSPS) is 9.80. The molecule has 1 rings (SSSR count). The average molecular weight is 230 g/mol. The first kappa shape index (κ1) is 11.5. The Labute approximate surface area is 90.8 Å². The van der Waals surface area contributed by atoms with Gasteiger partial charge in [0.2, 0.25) is 0 Å². The lowest BCUT2D eigenvalue weighted by molar-refractivity contribution is -0.385. The van der Waals surface area contributed by atoms with E-state index in [1.165, 1.54) is 26.2 Å². The molecule has 0 fully saturated rings. The second-order valence-electron chi connectivity index (χ2n) is 2.82. The first-order chi connectivity index (χ1) is 6.97. The van der Waals surface area contributed by atoms with Crippen molar-refractivity contribution in [3.8, 4) is 5.75 Å². The van der Waals surface area contributed by atoms with Crippen LogP contribution in [0, 0.1) is 10.1 Å². The molecule has 0 heterocycles. The maximum absolute atomic E-state index is 11.2. The molecule has 0 aromatic heterocycles. The molecule has 0 bridgehead atoms. The van der Waals surface area contributed by atoms with E-state index in [0.29, 0.717) is 5.75 Å². The predicted molar refractivity (Wildman–Crippen MR) is 54.7 cm³/mol. The number of carbonyl (C=O) groups excluding carboxylic acids is 1. The number of rotatable bonds is 3. The van der Waals surface area contributed by atoms with Crippen molar-refractivity contribution in [2.45, 2.75) is 6.92 Å². The highest BCUT2D eigenvalue weighted by Crippen LogP contribution is 2.33. The second-order valence-corrected chi connectivity index (χ2v) is 3.23. The van der Waals surface area contributed by atoms with E-state index in [-0.39, 0.29) is 16.3 Å². The highest BCUT2D eigenvalue weighted by molar-refractivity contribution is 6.33. The Hall–Kier alpha value is -1.62. The molecule has 0 saturated heterocycles. The van der Waals surface area contributed by atoms with Gasteiger partial charge in [0.1, 0.15) is 16.3 Å². The number of hydrogen-bond donors (Lipinski definition) is 0. The molecule has 0 amide bonds. The first-order valence-corrected chi connectivity index (χ1v) is 4.38. The van der Waals surface area contributed by atoms with E-state index in [1.807, 2.05) is 0 Å². The van der Waals surface area contributed by atoms with E-state index in [2.05, 4.69) is 0 Å². The van der Waals surface area contributed by atoms with Crippen LogP contribution in [0.1, 0.15) is 17.3 Å². The van der Waals surface area contributed by atoms with Crippen LogP contribution in [0.15, 0.2) is 12.1 Å². The summed E-state index contributed by atoms with van der Waals surface area (Å²) in [5.41, 5.74) is -0.436. The predicted octanol–water partition coefficient (Wildman–Crippen LogP) is 2.46. The third-order valence-electron chi connectivity index (χ3n) is 1.83. The summed E-state index contributed by atoms with van der Waals surface area (Å²) >= 11 is 5.68. The standard InChI is InChI=1S/C9H8ClNO4/c1-5(12)7-3-6(15-2)4-8(10)9(7)11(13)14/h3-4H,1-2H3. The number of ether oxygens (including phenoxy) is 1. The van der Waals surface area contributed by atoms with Gasteiger partial charge in [-0.3, -0.25) is 14.9 Å². The summed E-state index contributed by atoms with van der Waals surface area (Å²) in [5, 5.41) is 10.6. The minimum atomic E-state index is -0.682. The van der Waals surface area contributed by atoms with Crippen molar-refractivity contribution in [1.29, 1.82) is 0 Å². The minimum absolute atomic E-state index is 0.0515. The molecule has 1 aromatic carbocycles. The summed E-state index contributed by atoms with van der Waals surface area (Å²) < 4.78 is 4.86. The number of ketones is 1. The van der Waals surface area contributed by atoms with Gasteiger partial charge in [-0.1, -0.05) is 11.6 Å². The largest absolute Gasteiger partial charge is 0.497 e. The molecule has 1 aromatic rings. The number of benzene rings is 1. The van der Waals surface area contributed by atoms with Crippen LogP contribution in [0.3, 0.4) is 0 Å². The number of halogens is 1. The lowest BCUT2D eigenvalue weighted by Crippen LogP contribution is -2.01. The second kappa shape index (κ2) is 4.27. The molecule has 0 saturated carbocycles. The Morgan fingerprint density at radius 2 is 2.13 bits per heavy atom. The zero-order chi connectivity index (χ0) is 11.6. The van der Waals surface area contributed by atoms with E-state index in [4.69, 9.17) is 16.3 Å². The van der Waals surface area contributed by atoms with Crippen molar-refractivity contribution in [3.63, 3.8) is 0 Å². The van der Waals surface area contributed by atoms with E-state index in [1.54, 1.807) is 0 Å². The van der Waals surface area contributed by atoms with Crippen molar-refractivity contribution in [2.75, 3.05) is 7.11 Å². The van der Waals surface area contributed by atoms with Crippen LogP contribution in [0.2, 0.25) is 5.02 Å². The average Bonchev–Trinajstić information content (AvgIpc) is 2.15. The van der Waals surface area contributed by atoms with Gasteiger partial charge in [0.15, 0.2) is 5.78 Å². The Morgan fingerprint density at radius 3 is 2.53 bits per heavy atom. The highest BCUT2D eigenvalue weighted by atomic mass is 35.5. The Balaban J connectivity index is 3.49. The van der Waals surface area contributed by atoms with Gasteiger partial charge in [-0.2, -0.15) is 0 Å². The van der Waals surface area contributed by atoms with Crippen LogP contribution < -0.4 is 4.74 Å². The van der Waals surface area contributed by atoms with Crippen molar-refractivity contribution >= 4 is 23.1 Å². The molecular formula is C9H8ClNO4. The van der Waals surface area contributed by atoms with Crippen LogP contribution in [-0.2, 0) is 0 Å². The zero-order valence-corrected chi connectivity index (χ0v) is 8.87. The van der Waals surface area contributed by atoms with Gasteiger partial charge in [0, 0.05) is 6.07 Å². The van der Waals surface area contributed by atoms with Gasteiger partial charge in [-0.05, 0) is 13.0 Å². The molecular weight excluding hydrogens is 222 g/mol. The van der Waals surface area contributed by atoms with Gasteiger partial charge >= 0.3 is 0 Å². The molecule has 0 aliphatic heterocycles. The van der Waals surface area contributed by atoms with Crippen LogP contribution in [-0.4, -0.2) is 17.8 Å². The topological polar surface area (TPSA) is 69.4 Å². The van der Waals surface area contributed by atoms with Crippen molar-refractivity contribution in [2.24, 2.45) is 0 Å². The molecule has 0 spiro atoms. The number of hydrogen-bond acceptors (Lipinski definition) is 4. The van der Waals surface area contributed by atoms with E-state index < -0.39 is 10.7 Å². The highest BCUT2D eigenvalue weighted by Gasteiger charge is 2.23. The fourth-order valence-corrected chi connectivity index (χ4v) is 1.42. The van der Waals surface area contributed by atoms with Crippen molar-refractivity contribution in [3.05, 3.63) is 32.8 Å². The van der Waals surface area contributed by atoms with Crippen LogP contribution in [0.5, 0.6) is 5.75 Å². The molecule has 0 aliphatic carbocycles. The van der Waals surface area contributed by atoms with Gasteiger partial charge in [0.25, 0.3) is 5.69 Å². The smallest absolute Gasteiger partial charge is 0.298 e. The van der Waals surface area contributed by atoms with Crippen LogP contribution in [0.4, 0.5) is 5.69 Å². The summed E-state index contributed by atoms with van der Waals surface area (Å²) in [6.45, 7) is 1.23. The molecule has 5 nitrogen and oxygen atoms in total. The monoisotopic (exact) mass is 229 g/mol. The quantitative estimate of drug-likeness (QED) is 0.454. The third-order valence-corrected chi connectivity index (χ3v) is 2.12. The van der Waals surface area contributed by atoms with Gasteiger partial charge in [-0.15, -0.1) is 0 Å². The summed E-state index contributed by atoms with van der Waals surface area (Å²) in [4.78, 5) is 21.2. The molecule has 0 aliphatic rings. The van der Waals surface area contributed by atoms with Gasteiger partial charge in [-0.25, -0.2) is 0 Å². The maximum atomic E-state index is 11.2. The van der Waals surface area contributed by atoms with E-state index in [0.717, 1.165) is 0 Å². The molecule has 0 unspecified atom stereocenters. The van der Waals surface area contributed by atoms with E-state index in [9.17, 15) is 14.9 Å². The number of nitro benzene ring substituents is 1. The fourth-order valence-electron chi connectivity index (χ4n) is 1.15. The fraction of sp³-hybridized carbons (Fsp3) is 0.222. The van der Waals surface area contributed by atoms with Gasteiger partial charge < -0.3 is 4.74 Å². The summed E-state index contributed by atoms with van der Waals surface area (Å²) in [7, 11) is 1.39. The Morgan fingerprint density at radius 1 is 1.53 bits per heavy atom. The Kier molecular flexibility index (Phi) is 3.26. The van der Waals surface area contributed by atoms with Crippen LogP contribution >= 0.6 is 11.6 Å². The molecule has 0 radical (unpaired) electrons. The Bertz CT molecular complexity index is 430. The van der Waals surface area contributed by atoms with Crippen molar-refractivity contribution in [1.82, 2.24) is 0 Å². The summed E-state index contributed by atoms with van der Waals surface area (Å²) in [5.74, 6) is -0.113. The van der Waals surface area contributed by atoms with Crippen molar-refractivity contribution < 1.29 is 14.5 Å². The molecule has 15 heavy (non-hydrogen) atoms. The molecule has 0 atom stereocenters. The number of methoxy groups -OCH3 is 1.